The molecule has 4 N–H and O–H groups in total. The van der Waals surface area contributed by atoms with Crippen LogP contribution in [0.1, 0.15) is 18.9 Å². The Morgan fingerprint density at radius 1 is 1.35 bits per heavy atom. The predicted molar refractivity (Wildman–Crippen MR) is 94.8 cm³/mol. The molecule has 1 atom stereocenters. The van der Waals surface area contributed by atoms with E-state index < -0.39 is 0 Å². The summed E-state index contributed by atoms with van der Waals surface area (Å²) >= 11 is 0. The molecule has 1 aliphatic heterocycles. The van der Waals surface area contributed by atoms with Gasteiger partial charge in [-0.15, -0.1) is 0 Å². The Morgan fingerprint density at radius 2 is 2.17 bits per heavy atom. The minimum atomic E-state index is 0.0200. The summed E-state index contributed by atoms with van der Waals surface area (Å²) in [6.07, 6.45) is 7.96. The molecule has 0 fully saturated rings. The molecule has 3 rings (SSSR count). The number of para-hydroxylation sites is 1. The van der Waals surface area contributed by atoms with E-state index in [4.69, 9.17) is 5.41 Å². The normalized spacial score (nSPS) is 21.9. The van der Waals surface area contributed by atoms with Crippen LogP contribution >= 0.6 is 0 Å². The van der Waals surface area contributed by atoms with Crippen molar-refractivity contribution in [3.05, 3.63) is 53.8 Å². The summed E-state index contributed by atoms with van der Waals surface area (Å²) in [5.74, 6) is 0.0200. The molecule has 0 saturated heterocycles. The molecule has 118 valence electrons. The second kappa shape index (κ2) is 6.12. The monoisotopic (exact) mass is 308 g/mol. The van der Waals surface area contributed by atoms with E-state index in [9.17, 15) is 4.79 Å². The third-order valence-corrected chi connectivity index (χ3v) is 3.88. The van der Waals surface area contributed by atoms with Gasteiger partial charge in [-0.2, -0.15) is 0 Å². The summed E-state index contributed by atoms with van der Waals surface area (Å²) in [6.45, 7) is 2.00. The van der Waals surface area contributed by atoms with Crippen molar-refractivity contribution in [1.82, 2.24) is 5.32 Å². The van der Waals surface area contributed by atoms with Crippen LogP contribution in [0, 0.1) is 5.41 Å². The van der Waals surface area contributed by atoms with Crippen LogP contribution in [0.15, 0.2) is 48.2 Å². The van der Waals surface area contributed by atoms with Crippen LogP contribution in [0.25, 0.3) is 5.57 Å². The van der Waals surface area contributed by atoms with E-state index in [1.54, 1.807) is 6.08 Å². The van der Waals surface area contributed by atoms with Gasteiger partial charge in [0.15, 0.2) is 0 Å². The number of carbonyl (C=O) groups is 1. The van der Waals surface area contributed by atoms with E-state index in [0.29, 0.717) is 12.1 Å². The highest BCUT2D eigenvalue weighted by molar-refractivity contribution is 6.14. The summed E-state index contributed by atoms with van der Waals surface area (Å²) in [7, 11) is 1.82. The van der Waals surface area contributed by atoms with Gasteiger partial charge in [0.2, 0.25) is 5.91 Å². The van der Waals surface area contributed by atoms with Crippen LogP contribution in [0.5, 0.6) is 0 Å². The summed E-state index contributed by atoms with van der Waals surface area (Å²) < 4.78 is 0. The Hall–Kier alpha value is -2.82. The molecule has 0 aromatic heterocycles. The first-order valence-electron chi connectivity index (χ1n) is 7.64. The molecule has 1 aromatic rings. The Kier molecular flexibility index (Phi) is 4.02. The van der Waals surface area contributed by atoms with E-state index in [1.807, 2.05) is 50.5 Å². The molecule has 0 saturated carbocycles. The molecule has 0 radical (unpaired) electrons. The lowest BCUT2D eigenvalue weighted by atomic mass is 9.94. The van der Waals surface area contributed by atoms with E-state index in [0.717, 1.165) is 28.1 Å². The van der Waals surface area contributed by atoms with Crippen molar-refractivity contribution >= 4 is 28.6 Å². The van der Waals surface area contributed by atoms with E-state index >= 15 is 0 Å². The van der Waals surface area contributed by atoms with Crippen molar-refractivity contribution in [2.45, 2.75) is 19.4 Å². The number of amides is 1. The highest BCUT2D eigenvalue weighted by Gasteiger charge is 2.21. The summed E-state index contributed by atoms with van der Waals surface area (Å²) in [5.41, 5.74) is 5.05. The number of hydrogen-bond donors (Lipinski definition) is 4. The molecular formula is C18H20N4O. The van der Waals surface area contributed by atoms with Crippen LogP contribution < -0.4 is 16.0 Å². The minimum Gasteiger partial charge on any atom is -0.393 e. The maximum Gasteiger partial charge on any atom is 0.226 e. The highest BCUT2D eigenvalue weighted by Crippen LogP contribution is 2.36. The van der Waals surface area contributed by atoms with Gasteiger partial charge in [-0.25, -0.2) is 0 Å². The first kappa shape index (κ1) is 15.1. The zero-order chi connectivity index (χ0) is 16.4. The van der Waals surface area contributed by atoms with Crippen LogP contribution in [0.4, 0.5) is 11.4 Å². The largest absolute Gasteiger partial charge is 0.393 e. The SMILES string of the molecule is CN/C=C1/C=C(c2cccc3c2N[C@H](C)CC(=O)N3)C=CC1=N. The molecule has 2 aliphatic rings. The average molecular weight is 308 g/mol. The van der Waals surface area contributed by atoms with Gasteiger partial charge < -0.3 is 21.4 Å². The van der Waals surface area contributed by atoms with Crippen LogP contribution in [-0.2, 0) is 4.79 Å². The molecule has 1 amide bonds. The van der Waals surface area contributed by atoms with E-state index in [2.05, 4.69) is 16.0 Å². The minimum absolute atomic E-state index is 0.0200. The maximum atomic E-state index is 11.9. The second-order valence-electron chi connectivity index (χ2n) is 5.76. The van der Waals surface area contributed by atoms with E-state index in [1.165, 1.54) is 0 Å². The molecule has 1 aromatic carbocycles. The van der Waals surface area contributed by atoms with Crippen molar-refractivity contribution in [3.63, 3.8) is 0 Å². The van der Waals surface area contributed by atoms with Crippen molar-refractivity contribution in [1.29, 1.82) is 5.41 Å². The van der Waals surface area contributed by atoms with Crippen molar-refractivity contribution in [2.24, 2.45) is 0 Å². The first-order chi connectivity index (χ1) is 11.1. The quantitative estimate of drug-likeness (QED) is 0.678. The lowest BCUT2D eigenvalue weighted by Crippen LogP contribution is -2.19. The van der Waals surface area contributed by atoms with Gasteiger partial charge in [-0.1, -0.05) is 18.2 Å². The number of benzene rings is 1. The highest BCUT2D eigenvalue weighted by atomic mass is 16.1. The Bertz CT molecular complexity index is 758. The number of anilines is 2. The zero-order valence-electron chi connectivity index (χ0n) is 13.2. The van der Waals surface area contributed by atoms with Crippen molar-refractivity contribution in [3.8, 4) is 0 Å². The van der Waals surface area contributed by atoms with Crippen molar-refractivity contribution in [2.75, 3.05) is 17.7 Å². The van der Waals surface area contributed by atoms with Gasteiger partial charge in [-0.05, 0) is 30.7 Å². The lowest BCUT2D eigenvalue weighted by molar-refractivity contribution is -0.116. The smallest absolute Gasteiger partial charge is 0.226 e. The molecule has 0 unspecified atom stereocenters. The van der Waals surface area contributed by atoms with Gasteiger partial charge in [0.25, 0.3) is 0 Å². The molecule has 5 heteroatoms. The number of carbonyl (C=O) groups excluding carboxylic acids is 1. The Balaban J connectivity index is 2.08. The third-order valence-electron chi connectivity index (χ3n) is 3.88. The fourth-order valence-electron chi connectivity index (χ4n) is 2.83. The fourth-order valence-corrected chi connectivity index (χ4v) is 2.83. The van der Waals surface area contributed by atoms with Crippen LogP contribution in [0.2, 0.25) is 0 Å². The predicted octanol–water partition coefficient (Wildman–Crippen LogP) is 2.91. The topological polar surface area (TPSA) is 77.0 Å². The fraction of sp³-hybridized carbons (Fsp3) is 0.222. The van der Waals surface area contributed by atoms with E-state index in [-0.39, 0.29) is 11.9 Å². The molecule has 1 heterocycles. The van der Waals surface area contributed by atoms with Crippen LogP contribution in [-0.4, -0.2) is 24.7 Å². The van der Waals surface area contributed by atoms with Crippen LogP contribution in [0.3, 0.4) is 0 Å². The number of fused-ring (bicyclic) bond motifs is 1. The average Bonchev–Trinajstić information content (AvgIpc) is 2.65. The molecule has 5 nitrogen and oxygen atoms in total. The standard InChI is InChI=1S/C18H20N4O/c1-11-8-17(23)22-16-5-3-4-14(18(16)21-11)12-6-7-15(19)13(9-12)10-20-2/h3-7,9-11,19-21H,8H2,1-2H3,(H,22,23)/b13-10-,19-15?/t11-/m1/s1. The molecule has 23 heavy (non-hydrogen) atoms. The first-order valence-corrected chi connectivity index (χ1v) is 7.64. The van der Waals surface area contributed by atoms with Gasteiger partial charge >= 0.3 is 0 Å². The maximum absolute atomic E-state index is 11.9. The van der Waals surface area contributed by atoms with Gasteiger partial charge in [0, 0.05) is 36.8 Å². The Labute approximate surface area is 135 Å². The Morgan fingerprint density at radius 3 is 2.96 bits per heavy atom. The second-order valence-corrected chi connectivity index (χ2v) is 5.76. The van der Waals surface area contributed by atoms with Crippen molar-refractivity contribution < 1.29 is 4.79 Å². The number of nitrogens with one attached hydrogen (secondary N) is 4. The summed E-state index contributed by atoms with van der Waals surface area (Å²) in [4.78, 5) is 11.9. The number of rotatable bonds is 2. The van der Waals surface area contributed by atoms with Gasteiger partial charge in [0.05, 0.1) is 17.1 Å². The number of allylic oxidation sites excluding steroid dienone is 5. The third kappa shape index (κ3) is 3.04. The summed E-state index contributed by atoms with van der Waals surface area (Å²) in [5, 5.41) is 17.3. The van der Waals surface area contributed by atoms with Gasteiger partial charge in [-0.3, -0.25) is 4.79 Å². The summed E-state index contributed by atoms with van der Waals surface area (Å²) in [6, 6.07) is 5.93. The molecule has 0 bridgehead atoms. The van der Waals surface area contributed by atoms with Gasteiger partial charge in [0.1, 0.15) is 0 Å². The lowest BCUT2D eigenvalue weighted by Gasteiger charge is -2.19. The molecule has 0 spiro atoms. The molecule has 1 aliphatic carbocycles. The number of hydrogen-bond acceptors (Lipinski definition) is 4. The zero-order valence-corrected chi connectivity index (χ0v) is 13.2. The molecular weight excluding hydrogens is 288 g/mol.